The first kappa shape index (κ1) is 24.8. The van der Waals surface area contributed by atoms with Crippen molar-refractivity contribution >= 4 is 53.4 Å². The van der Waals surface area contributed by atoms with E-state index in [1.54, 1.807) is 12.4 Å². The van der Waals surface area contributed by atoms with Crippen molar-refractivity contribution in [2.24, 2.45) is 0 Å². The average Bonchev–Trinajstić information content (AvgIpc) is 3.62. The van der Waals surface area contributed by atoms with Crippen molar-refractivity contribution in [1.82, 2.24) is 24.5 Å². The Balaban J connectivity index is 1.39. The molecular formula is C38H23N5S. The minimum Gasteiger partial charge on any atom is -0.307 e. The maximum absolute atomic E-state index is 5.29. The third kappa shape index (κ3) is 4.00. The summed E-state index contributed by atoms with van der Waals surface area (Å²) in [6.07, 6.45) is 3.61. The first-order valence-corrected chi connectivity index (χ1v) is 15.3. The molecule has 206 valence electrons. The van der Waals surface area contributed by atoms with Crippen LogP contribution in [0.3, 0.4) is 0 Å². The molecule has 0 aliphatic heterocycles. The minimum absolute atomic E-state index is 0.788. The van der Waals surface area contributed by atoms with Gasteiger partial charge in [0, 0.05) is 43.5 Å². The first-order chi connectivity index (χ1) is 21.8. The van der Waals surface area contributed by atoms with Gasteiger partial charge in [0.1, 0.15) is 0 Å². The molecule has 6 aromatic heterocycles. The molecule has 0 N–H and O–H groups in total. The van der Waals surface area contributed by atoms with Gasteiger partial charge >= 0.3 is 0 Å². The molecule has 0 aliphatic carbocycles. The zero-order valence-electron chi connectivity index (χ0n) is 23.4. The van der Waals surface area contributed by atoms with E-state index in [0.29, 0.717) is 0 Å². The Kier molecular flexibility index (Phi) is 5.61. The SMILES string of the molecule is c1ccc(-c2ccc3c(n2)c2cc4c(cc2n3-c2cc(-c3ccccn3)nc(-c3ccccn3)c2)sc2ccccc24)cc1. The van der Waals surface area contributed by atoms with Crippen molar-refractivity contribution in [3.05, 3.63) is 140 Å². The highest BCUT2D eigenvalue weighted by Gasteiger charge is 2.19. The lowest BCUT2D eigenvalue weighted by Gasteiger charge is -2.12. The zero-order valence-corrected chi connectivity index (χ0v) is 24.2. The molecule has 5 nitrogen and oxygen atoms in total. The van der Waals surface area contributed by atoms with E-state index in [-0.39, 0.29) is 0 Å². The molecule has 0 fully saturated rings. The van der Waals surface area contributed by atoms with E-state index in [1.807, 2.05) is 53.8 Å². The summed E-state index contributed by atoms with van der Waals surface area (Å²) in [5.74, 6) is 0. The average molecular weight is 582 g/mol. The Morgan fingerprint density at radius 1 is 0.455 bits per heavy atom. The third-order valence-corrected chi connectivity index (χ3v) is 9.23. The lowest BCUT2D eigenvalue weighted by Crippen LogP contribution is -1.99. The molecule has 9 rings (SSSR count). The number of nitrogens with zero attached hydrogens (tertiary/aromatic N) is 5. The Bertz CT molecular complexity index is 2430. The lowest BCUT2D eigenvalue weighted by molar-refractivity contribution is 1.14. The van der Waals surface area contributed by atoms with Gasteiger partial charge < -0.3 is 4.57 Å². The molecule has 44 heavy (non-hydrogen) atoms. The van der Waals surface area contributed by atoms with Crippen LogP contribution < -0.4 is 0 Å². The zero-order chi connectivity index (χ0) is 29.0. The van der Waals surface area contributed by atoms with Gasteiger partial charge in [0.15, 0.2) is 0 Å². The number of benzene rings is 3. The quantitative estimate of drug-likeness (QED) is 0.208. The van der Waals surface area contributed by atoms with Gasteiger partial charge in [-0.2, -0.15) is 0 Å². The lowest BCUT2D eigenvalue weighted by atomic mass is 10.1. The normalized spacial score (nSPS) is 11.6. The molecule has 0 spiro atoms. The van der Waals surface area contributed by atoms with E-state index < -0.39 is 0 Å². The van der Waals surface area contributed by atoms with Crippen molar-refractivity contribution in [2.45, 2.75) is 0 Å². The van der Waals surface area contributed by atoms with Crippen molar-refractivity contribution in [3.63, 3.8) is 0 Å². The summed E-state index contributed by atoms with van der Waals surface area (Å²) in [4.78, 5) is 19.6. The van der Waals surface area contributed by atoms with Gasteiger partial charge in [-0.25, -0.2) is 9.97 Å². The van der Waals surface area contributed by atoms with Gasteiger partial charge in [-0.15, -0.1) is 11.3 Å². The van der Waals surface area contributed by atoms with Gasteiger partial charge in [0.25, 0.3) is 0 Å². The Labute approximate surface area is 256 Å². The fraction of sp³-hybridized carbons (Fsp3) is 0. The van der Waals surface area contributed by atoms with E-state index in [9.17, 15) is 0 Å². The van der Waals surface area contributed by atoms with Gasteiger partial charge in [-0.05, 0) is 66.7 Å². The van der Waals surface area contributed by atoms with Crippen LogP contribution >= 0.6 is 11.3 Å². The van der Waals surface area contributed by atoms with Crippen LogP contribution in [0.15, 0.2) is 140 Å². The molecule has 0 radical (unpaired) electrons. The van der Waals surface area contributed by atoms with Crippen LogP contribution in [0.25, 0.3) is 81.8 Å². The highest BCUT2D eigenvalue weighted by molar-refractivity contribution is 7.25. The van der Waals surface area contributed by atoms with Crippen LogP contribution in [0.4, 0.5) is 0 Å². The van der Waals surface area contributed by atoms with Crippen molar-refractivity contribution < 1.29 is 0 Å². The molecule has 0 amide bonds. The molecule has 0 unspecified atom stereocenters. The highest BCUT2D eigenvalue weighted by atomic mass is 32.1. The summed E-state index contributed by atoms with van der Waals surface area (Å²) in [6, 6.07) is 44.0. The van der Waals surface area contributed by atoms with Gasteiger partial charge in [-0.1, -0.05) is 60.7 Å². The van der Waals surface area contributed by atoms with E-state index in [1.165, 1.54) is 20.2 Å². The molecular weight excluding hydrogens is 559 g/mol. The molecule has 0 aliphatic rings. The summed E-state index contributed by atoms with van der Waals surface area (Å²) in [6.45, 7) is 0. The van der Waals surface area contributed by atoms with Crippen LogP contribution in [0.5, 0.6) is 0 Å². The van der Waals surface area contributed by atoms with E-state index in [4.69, 9.17) is 9.97 Å². The summed E-state index contributed by atoms with van der Waals surface area (Å²) >= 11 is 1.82. The number of hydrogen-bond donors (Lipinski definition) is 0. The maximum Gasteiger partial charge on any atom is 0.0971 e. The van der Waals surface area contributed by atoms with Gasteiger partial charge in [-0.3, -0.25) is 9.97 Å². The number of thiophene rings is 1. The number of fused-ring (bicyclic) bond motifs is 6. The van der Waals surface area contributed by atoms with Gasteiger partial charge in [0.05, 0.1) is 50.7 Å². The standard InChI is InChI=1S/C38H23N5S/c1-2-10-24(11-3-1)29-16-17-34-38(42-29)28-22-27-26-12-4-5-15-36(26)44-37(27)23-35(28)43(34)25-20-32(30-13-6-8-18-39-30)41-33(21-25)31-14-7-9-19-40-31/h1-23H. The highest BCUT2D eigenvalue weighted by Crippen LogP contribution is 2.41. The van der Waals surface area contributed by atoms with Crippen LogP contribution in [0.1, 0.15) is 0 Å². The molecule has 6 heterocycles. The molecule has 6 heteroatoms. The second-order valence-corrected chi connectivity index (χ2v) is 11.8. The predicted octanol–water partition coefficient (Wildman–Crippen LogP) is 9.73. The van der Waals surface area contributed by atoms with Crippen LogP contribution in [0.2, 0.25) is 0 Å². The number of rotatable bonds is 4. The van der Waals surface area contributed by atoms with E-state index >= 15 is 0 Å². The maximum atomic E-state index is 5.29. The monoisotopic (exact) mass is 581 g/mol. The van der Waals surface area contributed by atoms with Crippen molar-refractivity contribution in [2.75, 3.05) is 0 Å². The van der Waals surface area contributed by atoms with Crippen molar-refractivity contribution in [1.29, 1.82) is 0 Å². The van der Waals surface area contributed by atoms with Crippen LogP contribution in [-0.2, 0) is 0 Å². The molecule has 0 saturated heterocycles. The fourth-order valence-electron chi connectivity index (χ4n) is 6.08. The van der Waals surface area contributed by atoms with E-state index in [0.717, 1.165) is 61.7 Å². The summed E-state index contributed by atoms with van der Waals surface area (Å²) in [7, 11) is 0. The predicted molar refractivity (Wildman–Crippen MR) is 181 cm³/mol. The molecule has 0 bridgehead atoms. The topological polar surface area (TPSA) is 56.5 Å². The minimum atomic E-state index is 0.788. The fourth-order valence-corrected chi connectivity index (χ4v) is 7.20. The number of hydrogen-bond acceptors (Lipinski definition) is 5. The molecule has 9 aromatic rings. The number of aromatic nitrogens is 5. The summed E-state index contributed by atoms with van der Waals surface area (Å²) in [5.41, 5.74) is 9.32. The van der Waals surface area contributed by atoms with Crippen molar-refractivity contribution in [3.8, 4) is 39.7 Å². The third-order valence-electron chi connectivity index (χ3n) is 8.10. The van der Waals surface area contributed by atoms with Crippen LogP contribution in [0, 0.1) is 0 Å². The molecule has 3 aromatic carbocycles. The smallest absolute Gasteiger partial charge is 0.0971 e. The van der Waals surface area contributed by atoms with Gasteiger partial charge in [0.2, 0.25) is 0 Å². The Hall–Kier alpha value is -5.72. The summed E-state index contributed by atoms with van der Waals surface area (Å²) < 4.78 is 4.84. The largest absolute Gasteiger partial charge is 0.307 e. The molecule has 0 saturated carbocycles. The Morgan fingerprint density at radius 2 is 1.16 bits per heavy atom. The number of pyridine rings is 4. The molecule has 0 atom stereocenters. The second-order valence-electron chi connectivity index (χ2n) is 10.8. The first-order valence-electron chi connectivity index (χ1n) is 14.5. The Morgan fingerprint density at radius 3 is 1.89 bits per heavy atom. The van der Waals surface area contributed by atoms with Crippen LogP contribution in [-0.4, -0.2) is 24.5 Å². The second kappa shape index (κ2) is 9.93. The van der Waals surface area contributed by atoms with E-state index in [2.05, 4.69) is 99.5 Å². The summed E-state index contributed by atoms with van der Waals surface area (Å²) in [5, 5.41) is 3.64.